The average molecular weight is 1410 g/mol. The van der Waals surface area contributed by atoms with Crippen molar-refractivity contribution in [3.05, 3.63) is 146 Å². The average Bonchev–Trinajstić information content (AvgIpc) is 0.918. The smallest absolute Gasteiger partial charge is 0.224 e. The molecule has 4 amide bonds. The van der Waals surface area contributed by atoms with Crippen molar-refractivity contribution < 1.29 is 49.1 Å². The van der Waals surface area contributed by atoms with Crippen LogP contribution in [-0.2, 0) is 19.2 Å². The van der Waals surface area contributed by atoms with E-state index in [0.717, 1.165) is 103 Å². The van der Waals surface area contributed by atoms with Crippen molar-refractivity contribution in [2.45, 2.75) is 285 Å². The fraction of sp³-hybridized carbons (Fsp3) is 0.540. The minimum Gasteiger partial charge on any atom is -0.508 e. The highest BCUT2D eigenvalue weighted by Gasteiger charge is 2.08. The lowest BCUT2D eigenvalue weighted by molar-refractivity contribution is -0.117. The second kappa shape index (κ2) is 61.5. The molecule has 0 fully saturated rings. The molecule has 0 spiro atoms. The molecule has 0 saturated carbocycles. The lowest BCUT2D eigenvalue weighted by Gasteiger charge is -2.08. The summed E-state index contributed by atoms with van der Waals surface area (Å²) in [5.74, 6) is 3.56. The van der Waals surface area contributed by atoms with Crippen LogP contribution in [0.4, 0.5) is 34.1 Å². The number of rotatable bonds is 48. The Bertz CT molecular complexity index is 2930. The Labute approximate surface area is 615 Å². The number of benzene rings is 6. The van der Waals surface area contributed by atoms with Gasteiger partial charge in [0.2, 0.25) is 23.6 Å². The van der Waals surface area contributed by atoms with Gasteiger partial charge in [-0.25, -0.2) is 0 Å². The van der Waals surface area contributed by atoms with E-state index in [4.69, 9.17) is 24.8 Å². The first kappa shape index (κ1) is 89.9. The van der Waals surface area contributed by atoms with Gasteiger partial charge >= 0.3 is 0 Å². The van der Waals surface area contributed by atoms with E-state index in [-0.39, 0.29) is 46.6 Å². The van der Waals surface area contributed by atoms with E-state index < -0.39 is 0 Å². The molecule has 0 aromatic heterocycles. The maximum absolute atomic E-state index is 11.9. The zero-order valence-corrected chi connectivity index (χ0v) is 63.7. The summed E-state index contributed by atoms with van der Waals surface area (Å²) in [6, 6.07) is 41.9. The van der Waals surface area contributed by atoms with Gasteiger partial charge in [0.15, 0.2) is 0 Å². The molecule has 0 saturated heterocycles. The standard InChI is InChI=1S/C24H41NO2.C18H29NO2.C16H25NO2.C15H23NO2.C14H15NO2/c1-2-3-4-5-6-7-8-9-10-11-12-13-14-15-16-17-24(27)25-22-18-20-23(26)21-19-22;1-2-3-4-5-6-7-8-9-10-11-18(21)19-16-12-14-17(20)15-13-16;1-13(2)7-5-3-4-6-8-16(19)17-14-9-11-15(18)12-10-14;1-2-3-4-5-6-7-8-15(18)16-13-9-11-14(17)12-10-13;1-16-13-7-3-11(4-8-13)15-12-5-9-14(17-2)10-6-12/h18-21,26H,2-17H2,1H3,(H,25,27);12-15,20H,2-11H2,1H3,(H,19,21);9-13,18H,3-8H2,1-2H3,(H,17,19);9-12,17H,2-8H2,1H3,(H,16,18);3-10,15H,1-2H3. The first-order chi connectivity index (χ1) is 49.5. The quantitative estimate of drug-likeness (QED) is 0.0129. The second-order valence-corrected chi connectivity index (χ2v) is 27.1. The lowest BCUT2D eigenvalue weighted by atomic mass is 10.0. The minimum absolute atomic E-state index is 0.0505. The van der Waals surface area contributed by atoms with Crippen molar-refractivity contribution in [2.75, 3.05) is 40.8 Å². The number of carbonyl (C=O) groups excluding carboxylic acids is 4. The van der Waals surface area contributed by atoms with Gasteiger partial charge in [0.25, 0.3) is 0 Å². The summed E-state index contributed by atoms with van der Waals surface area (Å²) < 4.78 is 10.2. The molecule has 0 atom stereocenters. The molecule has 0 heterocycles. The van der Waals surface area contributed by atoms with E-state index in [1.165, 1.54) is 173 Å². The monoisotopic (exact) mass is 1410 g/mol. The molecule has 0 aliphatic heterocycles. The van der Waals surface area contributed by atoms with Gasteiger partial charge in [0.1, 0.15) is 34.5 Å². The van der Waals surface area contributed by atoms with Crippen molar-refractivity contribution in [1.82, 2.24) is 0 Å². The van der Waals surface area contributed by atoms with Gasteiger partial charge in [-0.2, -0.15) is 0 Å². The number of phenols is 4. The molecule has 102 heavy (non-hydrogen) atoms. The number of aromatic hydroxyl groups is 4. The molecule has 6 rings (SSSR count). The van der Waals surface area contributed by atoms with E-state index in [0.29, 0.717) is 25.7 Å². The largest absolute Gasteiger partial charge is 0.508 e. The molecular weight excluding hydrogens is 1270 g/mol. The summed E-state index contributed by atoms with van der Waals surface area (Å²) in [4.78, 5) is 46.9. The molecule has 0 aliphatic carbocycles. The van der Waals surface area contributed by atoms with E-state index in [9.17, 15) is 24.3 Å². The number of nitrogens with one attached hydrogen (secondary N) is 5. The van der Waals surface area contributed by atoms with Gasteiger partial charge in [-0.1, -0.05) is 234 Å². The molecule has 0 bridgehead atoms. The number of amides is 4. The molecule has 0 unspecified atom stereocenters. The lowest BCUT2D eigenvalue weighted by Crippen LogP contribution is -2.10. The topological polar surface area (TPSA) is 228 Å². The number of carbonyl (C=O) groups is 4. The Morgan fingerprint density at radius 3 is 0.657 bits per heavy atom. The fourth-order valence-corrected chi connectivity index (χ4v) is 11.1. The number of unbranched alkanes of at least 4 members (excludes halogenated alkanes) is 30. The van der Waals surface area contributed by atoms with Crippen molar-refractivity contribution in [3.63, 3.8) is 0 Å². The molecule has 0 radical (unpaired) electrons. The van der Waals surface area contributed by atoms with Crippen molar-refractivity contribution in [3.8, 4) is 34.5 Å². The van der Waals surface area contributed by atoms with Crippen LogP contribution in [0.5, 0.6) is 34.5 Å². The van der Waals surface area contributed by atoms with Crippen LogP contribution >= 0.6 is 0 Å². The zero-order valence-electron chi connectivity index (χ0n) is 63.7. The van der Waals surface area contributed by atoms with Crippen molar-refractivity contribution >= 4 is 57.8 Å². The zero-order chi connectivity index (χ0) is 74.3. The van der Waals surface area contributed by atoms with E-state index >= 15 is 0 Å². The number of anilines is 6. The van der Waals surface area contributed by atoms with Crippen LogP contribution in [0.2, 0.25) is 0 Å². The Morgan fingerprint density at radius 1 is 0.275 bits per heavy atom. The third kappa shape index (κ3) is 51.9. The number of phenolic OH excluding ortho intramolecular Hbond substituents is 4. The van der Waals surface area contributed by atoms with Crippen molar-refractivity contribution in [2.24, 2.45) is 5.92 Å². The molecule has 0 aliphatic rings. The van der Waals surface area contributed by atoms with Gasteiger partial charge in [-0.15, -0.1) is 0 Å². The Kier molecular flexibility index (Phi) is 54.2. The summed E-state index contributed by atoms with van der Waals surface area (Å²) in [7, 11) is 3.32. The van der Waals surface area contributed by atoms with Crippen LogP contribution in [0.25, 0.3) is 0 Å². The molecule has 6 aromatic carbocycles. The predicted octanol–water partition coefficient (Wildman–Crippen LogP) is 24.7. The third-order valence-corrected chi connectivity index (χ3v) is 17.3. The maximum atomic E-state index is 11.9. The minimum atomic E-state index is 0.0505. The van der Waals surface area contributed by atoms with Crippen LogP contribution in [0.1, 0.15) is 285 Å². The van der Waals surface area contributed by atoms with Gasteiger partial charge in [-0.05, 0) is 177 Å². The Balaban J connectivity index is 0.000000437. The summed E-state index contributed by atoms with van der Waals surface area (Å²) in [6.07, 6.45) is 46.6. The highest BCUT2D eigenvalue weighted by Crippen LogP contribution is 2.24. The molecule has 15 nitrogen and oxygen atoms in total. The van der Waals surface area contributed by atoms with Crippen LogP contribution in [0.3, 0.4) is 0 Å². The highest BCUT2D eigenvalue weighted by atomic mass is 16.5. The summed E-state index contributed by atoms with van der Waals surface area (Å²) in [6.45, 7) is 11.2. The first-order valence-corrected chi connectivity index (χ1v) is 39.0. The highest BCUT2D eigenvalue weighted by molar-refractivity contribution is 5.92. The SMILES string of the molecule is CC(C)CCCCCCC(=O)Nc1ccc(O)cc1.CCCCCCCCC(=O)Nc1ccc(O)cc1.CCCCCCCCCCCC(=O)Nc1ccc(O)cc1.CCCCCCCCCCCCCCCCCC(=O)Nc1ccc(O)cc1.COc1ccc(Nc2ccc(OC)cc2)cc1. The van der Waals surface area contributed by atoms with Crippen LogP contribution in [-0.4, -0.2) is 58.3 Å². The molecule has 566 valence electrons. The molecule has 15 heteroatoms. The Hall–Kier alpha value is -8.20. The van der Waals surface area contributed by atoms with Crippen LogP contribution in [0.15, 0.2) is 146 Å². The van der Waals surface area contributed by atoms with E-state index in [1.807, 2.05) is 48.5 Å². The van der Waals surface area contributed by atoms with Crippen molar-refractivity contribution in [1.29, 1.82) is 0 Å². The summed E-state index contributed by atoms with van der Waals surface area (Å²) >= 11 is 0. The van der Waals surface area contributed by atoms with Gasteiger partial charge in [0.05, 0.1) is 14.2 Å². The van der Waals surface area contributed by atoms with Gasteiger partial charge < -0.3 is 56.5 Å². The molecule has 6 aromatic rings. The number of methoxy groups -OCH3 is 2. The van der Waals surface area contributed by atoms with E-state index in [1.54, 1.807) is 111 Å². The first-order valence-electron chi connectivity index (χ1n) is 39.0. The molecular formula is C87H133N5O10. The summed E-state index contributed by atoms with van der Waals surface area (Å²) in [5, 5.41) is 51.3. The number of hydrogen-bond acceptors (Lipinski definition) is 11. The Morgan fingerprint density at radius 2 is 0.461 bits per heavy atom. The molecule has 9 N–H and O–H groups in total. The maximum Gasteiger partial charge on any atom is 0.224 e. The van der Waals surface area contributed by atoms with Gasteiger partial charge in [-0.3, -0.25) is 19.2 Å². The van der Waals surface area contributed by atoms with Gasteiger partial charge in [0, 0.05) is 59.8 Å². The van der Waals surface area contributed by atoms with Crippen LogP contribution in [0, 0.1) is 5.92 Å². The summed E-state index contributed by atoms with van der Waals surface area (Å²) in [5.41, 5.74) is 5.02. The number of hydrogen-bond donors (Lipinski definition) is 9. The van der Waals surface area contributed by atoms with Crippen LogP contribution < -0.4 is 36.1 Å². The predicted molar refractivity (Wildman–Crippen MR) is 428 cm³/mol. The second-order valence-electron chi connectivity index (χ2n) is 27.1. The fourth-order valence-electron chi connectivity index (χ4n) is 11.1. The normalized spacial score (nSPS) is 10.5. The number of ether oxygens (including phenoxy) is 2. The third-order valence-electron chi connectivity index (χ3n) is 17.3. The van der Waals surface area contributed by atoms with E-state index in [2.05, 4.69) is 61.2 Å².